The molecule has 1 fully saturated rings. The zero-order valence-corrected chi connectivity index (χ0v) is 19.4. The van der Waals surface area contributed by atoms with E-state index in [9.17, 15) is 23.1 Å². The van der Waals surface area contributed by atoms with Crippen LogP contribution in [0.15, 0.2) is 27.9 Å². The molecule has 2 heterocycles. The number of methoxy groups -OCH3 is 1. The molecule has 1 saturated carbocycles. The number of carbonyl (C=O) groups is 1. The number of rotatable bonds is 8. The van der Waals surface area contributed by atoms with Crippen LogP contribution in [0, 0.1) is 11.7 Å². The number of aromatic carboxylic acids is 1. The van der Waals surface area contributed by atoms with Crippen molar-refractivity contribution in [3.05, 3.63) is 45.5 Å². The van der Waals surface area contributed by atoms with Gasteiger partial charge in [0.2, 0.25) is 0 Å². The van der Waals surface area contributed by atoms with Gasteiger partial charge in [0, 0.05) is 37.8 Å². The summed E-state index contributed by atoms with van der Waals surface area (Å²) >= 11 is 0. The third-order valence-corrected chi connectivity index (χ3v) is 8.42. The van der Waals surface area contributed by atoms with Crippen molar-refractivity contribution in [2.45, 2.75) is 49.3 Å². The number of ether oxygens (including phenoxy) is 2. The number of nitrogens with zero attached hydrogens (tertiary/aromatic N) is 1. The van der Waals surface area contributed by atoms with Gasteiger partial charge in [-0.15, -0.1) is 0 Å². The molecule has 1 aromatic heterocycles. The van der Waals surface area contributed by atoms with Crippen molar-refractivity contribution in [2.24, 2.45) is 5.92 Å². The van der Waals surface area contributed by atoms with E-state index in [1.807, 2.05) is 0 Å². The maximum Gasteiger partial charge on any atom is 0.341 e. The third kappa shape index (κ3) is 3.95. The predicted molar refractivity (Wildman–Crippen MR) is 118 cm³/mol. The zero-order valence-electron chi connectivity index (χ0n) is 18.6. The predicted octanol–water partition coefficient (Wildman–Crippen LogP) is 3.59. The molecule has 8 nitrogen and oxygen atoms in total. The Labute approximate surface area is 190 Å². The SMILES string of the molecule is COCCCOc1cc2c(cc1F)-c1c(cc(C(=O)O)c(=O)n1C1CC1)C(C(C)C)S2(=O)=O. The molecule has 1 aromatic carbocycles. The molecule has 0 radical (unpaired) electrons. The lowest BCUT2D eigenvalue weighted by Gasteiger charge is -2.32. The first-order chi connectivity index (χ1) is 15.6. The highest BCUT2D eigenvalue weighted by atomic mass is 32.2. The minimum atomic E-state index is -4.03. The van der Waals surface area contributed by atoms with E-state index in [-0.39, 0.29) is 40.1 Å². The molecule has 0 saturated heterocycles. The number of hydrogen-bond donors (Lipinski definition) is 1. The standard InChI is InChI=1S/C23H26FNO7S/c1-12(2)21-15-9-16(23(27)28)22(26)25(13-5-6-13)20(15)14-10-17(24)18(32-8-4-7-31-3)11-19(14)33(21,29)30/h9-13,21H,4-8H2,1-3H3,(H,27,28). The number of carboxylic acids is 1. The van der Waals surface area contributed by atoms with Gasteiger partial charge in [0.1, 0.15) is 5.56 Å². The number of pyridine rings is 1. The zero-order chi connectivity index (χ0) is 24.1. The van der Waals surface area contributed by atoms with Gasteiger partial charge in [-0.2, -0.15) is 0 Å². The molecule has 1 unspecified atom stereocenters. The molecule has 33 heavy (non-hydrogen) atoms. The Morgan fingerprint density at radius 3 is 2.52 bits per heavy atom. The maximum absolute atomic E-state index is 15.0. The van der Waals surface area contributed by atoms with Crippen LogP contribution in [0.1, 0.15) is 60.3 Å². The highest BCUT2D eigenvalue weighted by Crippen LogP contribution is 2.51. The number of fused-ring (bicyclic) bond motifs is 3. The smallest absolute Gasteiger partial charge is 0.341 e. The summed E-state index contributed by atoms with van der Waals surface area (Å²) in [5, 5.41) is 8.51. The first-order valence-electron chi connectivity index (χ1n) is 10.8. The van der Waals surface area contributed by atoms with Crippen LogP contribution in [-0.4, -0.2) is 44.4 Å². The van der Waals surface area contributed by atoms with Crippen molar-refractivity contribution >= 4 is 15.8 Å². The fourth-order valence-electron chi connectivity index (χ4n) is 4.47. The first kappa shape index (κ1) is 23.4. The molecule has 1 aliphatic heterocycles. The number of halogens is 1. The van der Waals surface area contributed by atoms with Crippen LogP contribution in [0.3, 0.4) is 0 Å². The number of aromatic nitrogens is 1. The average Bonchev–Trinajstić information content (AvgIpc) is 3.56. The molecule has 4 rings (SSSR count). The highest BCUT2D eigenvalue weighted by Gasteiger charge is 2.44. The van der Waals surface area contributed by atoms with Crippen LogP contribution in [0.25, 0.3) is 11.3 Å². The largest absolute Gasteiger partial charge is 0.490 e. The van der Waals surface area contributed by atoms with Crippen molar-refractivity contribution in [1.82, 2.24) is 4.57 Å². The van der Waals surface area contributed by atoms with Crippen molar-refractivity contribution in [3.63, 3.8) is 0 Å². The van der Waals surface area contributed by atoms with Crippen LogP contribution in [0.2, 0.25) is 0 Å². The molecule has 0 amide bonds. The summed E-state index contributed by atoms with van der Waals surface area (Å²) in [7, 11) is -2.49. The van der Waals surface area contributed by atoms with Crippen LogP contribution in [0.4, 0.5) is 4.39 Å². The molecule has 178 valence electrons. The lowest BCUT2D eigenvalue weighted by molar-refractivity contribution is 0.0694. The number of sulfone groups is 1. The molecule has 2 aliphatic rings. The monoisotopic (exact) mass is 479 g/mol. The summed E-state index contributed by atoms with van der Waals surface area (Å²) in [5.41, 5.74) is -0.639. The van der Waals surface area contributed by atoms with Gasteiger partial charge in [-0.1, -0.05) is 13.8 Å². The molecule has 1 aliphatic carbocycles. The summed E-state index contributed by atoms with van der Waals surface area (Å²) < 4.78 is 54.1. The molecule has 2 aromatic rings. The number of benzene rings is 1. The van der Waals surface area contributed by atoms with Gasteiger partial charge in [0.25, 0.3) is 5.56 Å². The molecule has 10 heteroatoms. The molecule has 1 N–H and O–H groups in total. The quantitative estimate of drug-likeness (QED) is 0.455. The lowest BCUT2D eigenvalue weighted by atomic mass is 9.94. The van der Waals surface area contributed by atoms with Gasteiger partial charge >= 0.3 is 5.97 Å². The fourth-order valence-corrected chi connectivity index (χ4v) is 6.70. The summed E-state index contributed by atoms with van der Waals surface area (Å²) in [4.78, 5) is 24.7. The Kier molecular flexibility index (Phi) is 6.09. The van der Waals surface area contributed by atoms with Gasteiger partial charge in [-0.25, -0.2) is 17.6 Å². The maximum atomic E-state index is 15.0. The van der Waals surface area contributed by atoms with Crippen molar-refractivity contribution in [2.75, 3.05) is 20.3 Å². The van der Waals surface area contributed by atoms with E-state index < -0.39 is 43.9 Å². The van der Waals surface area contributed by atoms with Gasteiger partial charge in [0.05, 0.1) is 22.4 Å². The van der Waals surface area contributed by atoms with Crippen molar-refractivity contribution in [3.8, 4) is 17.0 Å². The summed E-state index contributed by atoms with van der Waals surface area (Å²) in [6.07, 6.45) is 1.82. The Morgan fingerprint density at radius 1 is 1.24 bits per heavy atom. The van der Waals surface area contributed by atoms with E-state index in [0.717, 1.165) is 12.1 Å². The fraction of sp³-hybridized carbons (Fsp3) is 0.478. The van der Waals surface area contributed by atoms with Crippen LogP contribution in [0.5, 0.6) is 5.75 Å². The third-order valence-electron chi connectivity index (χ3n) is 6.00. The van der Waals surface area contributed by atoms with Crippen LogP contribution >= 0.6 is 0 Å². The minimum Gasteiger partial charge on any atom is -0.490 e. The molecule has 0 bridgehead atoms. The van der Waals surface area contributed by atoms with E-state index in [4.69, 9.17) is 9.47 Å². The van der Waals surface area contributed by atoms with Crippen molar-refractivity contribution in [1.29, 1.82) is 0 Å². The van der Waals surface area contributed by atoms with Crippen LogP contribution in [-0.2, 0) is 14.6 Å². The van der Waals surface area contributed by atoms with Gasteiger partial charge in [-0.3, -0.25) is 4.79 Å². The van der Waals surface area contributed by atoms with Gasteiger partial charge < -0.3 is 19.1 Å². The van der Waals surface area contributed by atoms with Crippen LogP contribution < -0.4 is 10.3 Å². The second-order valence-electron chi connectivity index (χ2n) is 8.76. The highest BCUT2D eigenvalue weighted by molar-refractivity contribution is 7.92. The number of hydrogen-bond acceptors (Lipinski definition) is 6. The topological polar surface area (TPSA) is 112 Å². The Morgan fingerprint density at radius 2 is 1.94 bits per heavy atom. The number of carboxylic acid groups (broad SMARTS) is 1. The Balaban J connectivity index is 2.00. The summed E-state index contributed by atoms with van der Waals surface area (Å²) in [6.45, 7) is 3.99. The average molecular weight is 480 g/mol. The molecular formula is C23H26FNO7S. The molecular weight excluding hydrogens is 453 g/mol. The Bertz CT molecular complexity index is 1280. The van der Waals surface area contributed by atoms with E-state index >= 15 is 4.39 Å². The van der Waals surface area contributed by atoms with E-state index in [1.165, 1.54) is 17.7 Å². The molecule has 1 atom stereocenters. The minimum absolute atomic E-state index is 0.0598. The normalized spacial score (nSPS) is 18.6. The van der Waals surface area contributed by atoms with E-state index in [1.54, 1.807) is 13.8 Å². The van der Waals surface area contributed by atoms with Crippen molar-refractivity contribution < 1.29 is 32.2 Å². The second kappa shape index (κ2) is 8.57. The second-order valence-corrected chi connectivity index (χ2v) is 10.8. The van der Waals surface area contributed by atoms with Gasteiger partial charge in [0.15, 0.2) is 21.4 Å². The van der Waals surface area contributed by atoms with E-state index in [2.05, 4.69) is 0 Å². The molecule has 0 spiro atoms. The Hall–Kier alpha value is -2.72. The lowest BCUT2D eigenvalue weighted by Crippen LogP contribution is -2.33. The summed E-state index contributed by atoms with van der Waals surface area (Å²) in [6, 6.07) is 3.15. The van der Waals surface area contributed by atoms with E-state index in [0.29, 0.717) is 25.9 Å². The van der Waals surface area contributed by atoms with Gasteiger partial charge in [-0.05, 0) is 36.5 Å². The first-order valence-corrected chi connectivity index (χ1v) is 12.4. The summed E-state index contributed by atoms with van der Waals surface area (Å²) in [5.74, 6) is -2.80.